The van der Waals surface area contributed by atoms with Gasteiger partial charge in [0.1, 0.15) is 0 Å². The average molecular weight is 240 g/mol. The maximum Gasteiger partial charge on any atom is 0.306 e. The second-order valence-corrected chi connectivity index (χ2v) is 4.87. The highest BCUT2D eigenvalue weighted by molar-refractivity contribution is 5.70. The maximum atomic E-state index is 11.7. The van der Waals surface area contributed by atoms with Crippen molar-refractivity contribution < 1.29 is 19.0 Å². The molecule has 0 amide bonds. The van der Waals surface area contributed by atoms with Crippen LogP contribution in [0.25, 0.3) is 0 Å². The predicted octanol–water partition coefficient (Wildman–Crippen LogP) is 2.04. The molecule has 4 heteroatoms. The van der Waals surface area contributed by atoms with E-state index < -0.39 is 5.79 Å². The van der Waals surface area contributed by atoms with Crippen LogP contribution in [-0.2, 0) is 19.0 Å². The summed E-state index contributed by atoms with van der Waals surface area (Å²) in [4.78, 5) is 11.7. The summed E-state index contributed by atoms with van der Waals surface area (Å²) in [5.41, 5.74) is -0.329. The van der Waals surface area contributed by atoms with Crippen molar-refractivity contribution in [2.75, 3.05) is 19.8 Å². The van der Waals surface area contributed by atoms with Crippen molar-refractivity contribution in [3.8, 4) is 0 Å². The number of esters is 1. The van der Waals surface area contributed by atoms with Gasteiger partial charge in [0.2, 0.25) is 0 Å². The highest BCUT2D eigenvalue weighted by atomic mass is 16.7. The fraction of sp³-hybridized carbons (Fsp3) is 0.769. The summed E-state index contributed by atoms with van der Waals surface area (Å²) in [7, 11) is 0. The molecule has 17 heavy (non-hydrogen) atoms. The van der Waals surface area contributed by atoms with Crippen LogP contribution in [-0.4, -0.2) is 31.6 Å². The Kier molecular flexibility index (Phi) is 3.54. The lowest BCUT2D eigenvalue weighted by Crippen LogP contribution is -2.49. The van der Waals surface area contributed by atoms with Gasteiger partial charge in [-0.1, -0.05) is 19.1 Å². The van der Waals surface area contributed by atoms with Crippen molar-refractivity contribution in [3.63, 3.8) is 0 Å². The molecule has 2 rings (SSSR count). The average Bonchev–Trinajstić information content (AvgIpc) is 2.73. The summed E-state index contributed by atoms with van der Waals surface area (Å²) < 4.78 is 16.6. The van der Waals surface area contributed by atoms with Crippen LogP contribution in [0, 0.1) is 5.41 Å². The molecule has 1 unspecified atom stereocenters. The molecule has 1 fully saturated rings. The molecule has 0 aromatic heterocycles. The van der Waals surface area contributed by atoms with E-state index in [2.05, 4.69) is 12.2 Å². The zero-order chi connectivity index (χ0) is 12.4. The number of carbonyl (C=O) groups is 1. The molecule has 0 bridgehead atoms. The molecule has 0 radical (unpaired) electrons. The summed E-state index contributed by atoms with van der Waals surface area (Å²) in [5, 5.41) is 0. The van der Waals surface area contributed by atoms with E-state index in [1.165, 1.54) is 0 Å². The van der Waals surface area contributed by atoms with Gasteiger partial charge in [0.05, 0.1) is 26.2 Å². The quantitative estimate of drug-likeness (QED) is 0.559. The standard InChI is InChI=1S/C13H20O4/c1-3-15-11(14)10-12(2)6-4-5-7-13(12)16-8-9-17-13/h4-5H,3,6-10H2,1-2H3. The molecule has 1 spiro atoms. The van der Waals surface area contributed by atoms with Gasteiger partial charge in [-0.2, -0.15) is 0 Å². The summed E-state index contributed by atoms with van der Waals surface area (Å²) in [6.45, 7) is 5.48. The fourth-order valence-corrected chi connectivity index (χ4v) is 2.64. The second-order valence-electron chi connectivity index (χ2n) is 4.87. The molecule has 0 aromatic rings. The molecule has 2 aliphatic rings. The molecule has 96 valence electrons. The van der Waals surface area contributed by atoms with Gasteiger partial charge in [-0.3, -0.25) is 4.79 Å². The fourth-order valence-electron chi connectivity index (χ4n) is 2.64. The van der Waals surface area contributed by atoms with Crippen molar-refractivity contribution in [3.05, 3.63) is 12.2 Å². The number of ether oxygens (including phenoxy) is 3. The van der Waals surface area contributed by atoms with Crippen molar-refractivity contribution in [2.24, 2.45) is 5.41 Å². The summed E-state index contributed by atoms with van der Waals surface area (Å²) in [6, 6.07) is 0. The van der Waals surface area contributed by atoms with E-state index >= 15 is 0 Å². The first-order valence-electron chi connectivity index (χ1n) is 6.20. The van der Waals surface area contributed by atoms with Crippen LogP contribution in [0.1, 0.15) is 33.1 Å². The number of carbonyl (C=O) groups excluding carboxylic acids is 1. The SMILES string of the molecule is CCOC(=O)CC1(C)CC=CCC12OCCO2. The Labute approximate surface area is 102 Å². The molecule has 1 aliphatic carbocycles. The molecule has 1 atom stereocenters. The Bertz CT molecular complexity index is 317. The van der Waals surface area contributed by atoms with Gasteiger partial charge in [-0.05, 0) is 13.3 Å². The number of hydrogen-bond donors (Lipinski definition) is 0. The molecular weight excluding hydrogens is 220 g/mol. The minimum Gasteiger partial charge on any atom is -0.466 e. The van der Waals surface area contributed by atoms with E-state index in [1.54, 1.807) is 0 Å². The van der Waals surface area contributed by atoms with E-state index in [4.69, 9.17) is 14.2 Å². The molecular formula is C13H20O4. The molecule has 1 heterocycles. The summed E-state index contributed by atoms with van der Waals surface area (Å²) >= 11 is 0. The lowest BCUT2D eigenvalue weighted by atomic mass is 9.71. The highest BCUT2D eigenvalue weighted by Crippen LogP contribution is 2.49. The third-order valence-electron chi connectivity index (χ3n) is 3.63. The third-order valence-corrected chi connectivity index (χ3v) is 3.63. The maximum absolute atomic E-state index is 11.7. The van der Waals surface area contributed by atoms with Crippen LogP contribution in [0.4, 0.5) is 0 Å². The van der Waals surface area contributed by atoms with E-state index in [0.29, 0.717) is 32.7 Å². The topological polar surface area (TPSA) is 44.8 Å². The number of hydrogen-bond acceptors (Lipinski definition) is 4. The van der Waals surface area contributed by atoms with Gasteiger partial charge in [0.15, 0.2) is 5.79 Å². The van der Waals surface area contributed by atoms with Crippen molar-refractivity contribution >= 4 is 5.97 Å². The van der Waals surface area contributed by atoms with Crippen LogP contribution in [0.5, 0.6) is 0 Å². The van der Waals surface area contributed by atoms with Gasteiger partial charge < -0.3 is 14.2 Å². The minimum absolute atomic E-state index is 0.177. The predicted molar refractivity (Wildman–Crippen MR) is 62.4 cm³/mol. The van der Waals surface area contributed by atoms with Gasteiger partial charge in [0.25, 0.3) is 0 Å². The molecule has 0 N–H and O–H groups in total. The first-order valence-corrected chi connectivity index (χ1v) is 6.20. The second kappa shape index (κ2) is 4.78. The lowest BCUT2D eigenvalue weighted by molar-refractivity contribution is -0.237. The van der Waals surface area contributed by atoms with E-state index in [-0.39, 0.29) is 11.4 Å². The van der Waals surface area contributed by atoms with Crippen LogP contribution in [0.2, 0.25) is 0 Å². The number of rotatable bonds is 3. The van der Waals surface area contributed by atoms with Crippen LogP contribution >= 0.6 is 0 Å². The molecule has 0 aromatic carbocycles. The summed E-state index contributed by atoms with van der Waals surface area (Å²) in [5.74, 6) is -0.808. The lowest BCUT2D eigenvalue weighted by Gasteiger charge is -2.45. The molecule has 4 nitrogen and oxygen atoms in total. The van der Waals surface area contributed by atoms with Gasteiger partial charge in [-0.25, -0.2) is 0 Å². The third kappa shape index (κ3) is 2.24. The number of allylic oxidation sites excluding steroid dienone is 1. The van der Waals surface area contributed by atoms with E-state index in [1.807, 2.05) is 13.8 Å². The van der Waals surface area contributed by atoms with Crippen molar-refractivity contribution in [1.29, 1.82) is 0 Å². The Morgan fingerprint density at radius 3 is 2.59 bits per heavy atom. The van der Waals surface area contributed by atoms with Crippen LogP contribution < -0.4 is 0 Å². The summed E-state index contributed by atoms with van der Waals surface area (Å²) in [6.07, 6.45) is 5.99. The van der Waals surface area contributed by atoms with Crippen LogP contribution in [0.15, 0.2) is 12.2 Å². The largest absolute Gasteiger partial charge is 0.466 e. The van der Waals surface area contributed by atoms with Crippen molar-refractivity contribution in [1.82, 2.24) is 0 Å². The van der Waals surface area contributed by atoms with E-state index in [9.17, 15) is 4.79 Å². The zero-order valence-corrected chi connectivity index (χ0v) is 10.5. The minimum atomic E-state index is -0.630. The Balaban J connectivity index is 2.14. The zero-order valence-electron chi connectivity index (χ0n) is 10.5. The Hall–Kier alpha value is -0.870. The van der Waals surface area contributed by atoms with Crippen molar-refractivity contribution in [2.45, 2.75) is 38.9 Å². The Morgan fingerprint density at radius 2 is 1.94 bits per heavy atom. The first-order chi connectivity index (χ1) is 8.12. The smallest absolute Gasteiger partial charge is 0.306 e. The van der Waals surface area contributed by atoms with E-state index in [0.717, 1.165) is 6.42 Å². The first kappa shape index (κ1) is 12.6. The monoisotopic (exact) mass is 240 g/mol. The normalized spacial score (nSPS) is 30.7. The van der Waals surface area contributed by atoms with Gasteiger partial charge >= 0.3 is 5.97 Å². The van der Waals surface area contributed by atoms with Crippen LogP contribution in [0.3, 0.4) is 0 Å². The molecule has 0 saturated carbocycles. The highest BCUT2D eigenvalue weighted by Gasteiger charge is 2.54. The van der Waals surface area contributed by atoms with Gasteiger partial charge in [0, 0.05) is 11.8 Å². The molecule has 1 saturated heterocycles. The molecule has 1 aliphatic heterocycles. The Morgan fingerprint density at radius 1 is 1.29 bits per heavy atom. The van der Waals surface area contributed by atoms with Gasteiger partial charge in [-0.15, -0.1) is 0 Å².